The molecule has 0 rings (SSSR count). The molecule has 0 saturated carbocycles. The average Bonchev–Trinajstić information content (AvgIpc) is 3.20. The highest BCUT2D eigenvalue weighted by Crippen LogP contribution is 2.43. The van der Waals surface area contributed by atoms with Gasteiger partial charge in [-0.3, -0.25) is 18.6 Å². The van der Waals surface area contributed by atoms with Gasteiger partial charge in [0.05, 0.1) is 13.2 Å². The van der Waals surface area contributed by atoms with Gasteiger partial charge in [0, 0.05) is 12.8 Å². The van der Waals surface area contributed by atoms with Crippen LogP contribution in [0.5, 0.6) is 0 Å². The second-order valence-electron chi connectivity index (χ2n) is 16.7. The normalized spacial score (nSPS) is 13.6. The third-order valence-electron chi connectivity index (χ3n) is 10.9. The van der Waals surface area contributed by atoms with Gasteiger partial charge in [-0.2, -0.15) is 0 Å². The van der Waals surface area contributed by atoms with Gasteiger partial charge in [0.15, 0.2) is 6.04 Å². The molecule has 0 aliphatic heterocycles. The number of ether oxygens (including phenoxy) is 1. The first-order valence-corrected chi connectivity index (χ1v) is 25.6. The van der Waals surface area contributed by atoms with Gasteiger partial charge in [0.25, 0.3) is 0 Å². The van der Waals surface area contributed by atoms with Crippen LogP contribution in [0.3, 0.4) is 0 Å². The van der Waals surface area contributed by atoms with Crippen molar-refractivity contribution in [3.8, 4) is 0 Å². The van der Waals surface area contributed by atoms with Crippen LogP contribution in [0.2, 0.25) is 0 Å². The van der Waals surface area contributed by atoms with Gasteiger partial charge in [-0.1, -0.05) is 219 Å². The largest absolute Gasteiger partial charge is 0.480 e. The molecule has 12 heteroatoms. The average molecular weight is 848 g/mol. The first kappa shape index (κ1) is 56.5. The van der Waals surface area contributed by atoms with E-state index in [1.54, 1.807) is 0 Å². The van der Waals surface area contributed by atoms with Crippen molar-refractivity contribution >= 4 is 25.7 Å². The first-order chi connectivity index (χ1) is 28.1. The highest BCUT2D eigenvalue weighted by atomic mass is 31.2. The maximum Gasteiger partial charge on any atom is 0.472 e. The highest BCUT2D eigenvalue weighted by Gasteiger charge is 2.28. The monoisotopic (exact) mass is 848 g/mol. The molecular weight excluding hydrogens is 757 g/mol. The molecule has 4 N–H and O–H groups in total. The number of rotatable bonds is 46. The molecule has 11 nitrogen and oxygen atoms in total. The van der Waals surface area contributed by atoms with Crippen molar-refractivity contribution in [1.29, 1.82) is 0 Å². The zero-order valence-electron chi connectivity index (χ0n) is 37.4. The molecule has 58 heavy (non-hydrogen) atoms. The van der Waals surface area contributed by atoms with E-state index in [1.807, 2.05) is 0 Å². The second-order valence-corrected chi connectivity index (χ2v) is 18.1. The fourth-order valence-electron chi connectivity index (χ4n) is 7.14. The van der Waals surface area contributed by atoms with Crippen LogP contribution in [-0.4, -0.2) is 64.9 Å². The quantitative estimate of drug-likeness (QED) is 0.0263. The molecule has 0 aromatic rings. The Labute approximate surface area is 354 Å². The molecular formula is C46H90NO10P. The standard InChI is InChI=1S/C46H90NO10P/c1-3-5-7-9-11-13-15-17-19-20-21-22-23-24-25-27-29-31-33-35-37-44(49)47-43(46(51)52)41-57-58(53,54)56-40-42(48)39-55-45(50)38-36-34-32-30-28-26-18-16-14-12-10-8-6-4-2/h42-43,48H,3-41H2,1-2H3,(H,47,49)(H,51,52)(H,53,54). The summed E-state index contributed by atoms with van der Waals surface area (Å²) in [5.41, 5.74) is 0. The highest BCUT2D eigenvalue weighted by molar-refractivity contribution is 7.47. The van der Waals surface area contributed by atoms with Crippen LogP contribution in [0, 0.1) is 0 Å². The Hall–Kier alpha value is -1.52. The molecule has 1 amide bonds. The summed E-state index contributed by atoms with van der Waals surface area (Å²) in [5.74, 6) is -2.35. The Balaban J connectivity index is 3.81. The number of carboxylic acid groups (broad SMARTS) is 1. The fourth-order valence-corrected chi connectivity index (χ4v) is 7.91. The SMILES string of the molecule is CCCCCCCCCCCCCCCCCCCCCCC(=O)NC(COP(=O)(O)OCC(O)COC(=O)CCCCCCCCCCCCCCCC)C(=O)O. The fraction of sp³-hybridized carbons (Fsp3) is 0.935. The van der Waals surface area contributed by atoms with Gasteiger partial charge in [0.1, 0.15) is 12.7 Å². The summed E-state index contributed by atoms with van der Waals surface area (Å²) in [7, 11) is -4.75. The number of phosphoric acid groups is 1. The number of aliphatic hydroxyl groups excluding tert-OH is 1. The molecule has 0 aromatic heterocycles. The number of hydrogen-bond donors (Lipinski definition) is 4. The van der Waals surface area contributed by atoms with E-state index in [0.29, 0.717) is 12.8 Å². The van der Waals surface area contributed by atoms with E-state index in [0.717, 1.165) is 38.5 Å². The second kappa shape index (κ2) is 42.2. The van der Waals surface area contributed by atoms with Crippen LogP contribution < -0.4 is 5.32 Å². The number of phosphoric ester groups is 1. The third kappa shape index (κ3) is 41.2. The number of nitrogens with one attached hydrogen (secondary N) is 1. The van der Waals surface area contributed by atoms with Crippen molar-refractivity contribution in [2.45, 2.75) is 257 Å². The lowest BCUT2D eigenvalue weighted by atomic mass is 10.0. The van der Waals surface area contributed by atoms with Gasteiger partial charge in [-0.15, -0.1) is 0 Å². The smallest absolute Gasteiger partial charge is 0.472 e. The number of amides is 1. The summed E-state index contributed by atoms with van der Waals surface area (Å²) in [4.78, 5) is 46.0. The van der Waals surface area contributed by atoms with E-state index < -0.39 is 57.6 Å². The molecule has 0 spiro atoms. The molecule has 0 aromatic carbocycles. The minimum Gasteiger partial charge on any atom is -0.480 e. The van der Waals surface area contributed by atoms with Crippen LogP contribution in [-0.2, 0) is 32.7 Å². The van der Waals surface area contributed by atoms with Crippen molar-refractivity contribution in [3.63, 3.8) is 0 Å². The van der Waals surface area contributed by atoms with Crippen LogP contribution in [0.4, 0.5) is 0 Å². The maximum atomic E-state index is 12.3. The minimum atomic E-state index is -4.75. The maximum absolute atomic E-state index is 12.3. The molecule has 3 unspecified atom stereocenters. The molecule has 0 fully saturated rings. The number of unbranched alkanes of at least 4 members (excludes halogenated alkanes) is 32. The lowest BCUT2D eigenvalue weighted by Gasteiger charge is -2.18. The number of aliphatic carboxylic acids is 1. The van der Waals surface area contributed by atoms with Gasteiger partial charge in [-0.05, 0) is 12.8 Å². The topological polar surface area (TPSA) is 169 Å². The van der Waals surface area contributed by atoms with E-state index in [2.05, 4.69) is 19.2 Å². The molecule has 344 valence electrons. The molecule has 0 aliphatic rings. The zero-order chi connectivity index (χ0) is 42.8. The zero-order valence-corrected chi connectivity index (χ0v) is 38.3. The lowest BCUT2D eigenvalue weighted by molar-refractivity contribution is -0.147. The van der Waals surface area contributed by atoms with Gasteiger partial charge >= 0.3 is 19.8 Å². The number of carboxylic acids is 1. The summed E-state index contributed by atoms with van der Waals surface area (Å²) >= 11 is 0. The van der Waals surface area contributed by atoms with Gasteiger partial charge < -0.3 is 25.2 Å². The van der Waals surface area contributed by atoms with Crippen molar-refractivity contribution in [3.05, 3.63) is 0 Å². The minimum absolute atomic E-state index is 0.153. The van der Waals surface area contributed by atoms with E-state index in [1.165, 1.54) is 167 Å². The summed E-state index contributed by atoms with van der Waals surface area (Å²) in [6, 6.07) is -1.54. The first-order valence-electron chi connectivity index (χ1n) is 24.1. The van der Waals surface area contributed by atoms with Crippen molar-refractivity contribution in [1.82, 2.24) is 5.32 Å². The van der Waals surface area contributed by atoms with Gasteiger partial charge in [-0.25, -0.2) is 9.36 Å². The van der Waals surface area contributed by atoms with Crippen molar-refractivity contribution in [2.24, 2.45) is 0 Å². The predicted octanol–water partition coefficient (Wildman–Crippen LogP) is 12.7. The van der Waals surface area contributed by atoms with E-state index in [-0.39, 0.29) is 12.8 Å². The summed E-state index contributed by atoms with van der Waals surface area (Å²) in [6.07, 6.45) is 41.2. The predicted molar refractivity (Wildman–Crippen MR) is 236 cm³/mol. The van der Waals surface area contributed by atoms with Crippen molar-refractivity contribution < 1.29 is 47.8 Å². The van der Waals surface area contributed by atoms with Gasteiger partial charge in [0.2, 0.25) is 5.91 Å². The molecule has 0 bridgehead atoms. The Morgan fingerprint density at radius 2 is 0.793 bits per heavy atom. The Bertz CT molecular complexity index is 1000. The van der Waals surface area contributed by atoms with Crippen LogP contribution in [0.25, 0.3) is 0 Å². The number of esters is 1. The molecule has 0 aliphatic carbocycles. The van der Waals surface area contributed by atoms with E-state index in [4.69, 9.17) is 13.8 Å². The Morgan fingerprint density at radius 1 is 0.483 bits per heavy atom. The molecule has 0 saturated heterocycles. The van der Waals surface area contributed by atoms with Crippen molar-refractivity contribution in [2.75, 3.05) is 19.8 Å². The number of hydrogen-bond acceptors (Lipinski definition) is 8. The van der Waals surface area contributed by atoms with Crippen LogP contribution >= 0.6 is 7.82 Å². The summed E-state index contributed by atoms with van der Waals surface area (Å²) in [6.45, 7) is 2.64. The molecule has 3 atom stereocenters. The van der Waals surface area contributed by atoms with Crippen LogP contribution in [0.15, 0.2) is 0 Å². The number of aliphatic hydroxyl groups is 1. The molecule has 0 radical (unpaired) electrons. The Morgan fingerprint density at radius 3 is 1.14 bits per heavy atom. The number of carbonyl (C=O) groups is 3. The third-order valence-corrected chi connectivity index (χ3v) is 11.8. The Kier molecular flexibility index (Phi) is 41.1. The molecule has 0 heterocycles. The van der Waals surface area contributed by atoms with Crippen LogP contribution in [0.1, 0.15) is 245 Å². The summed E-state index contributed by atoms with van der Waals surface area (Å²) in [5, 5.41) is 21.9. The van der Waals surface area contributed by atoms with E-state index in [9.17, 15) is 34.1 Å². The lowest BCUT2D eigenvalue weighted by Crippen LogP contribution is -2.43. The summed E-state index contributed by atoms with van der Waals surface area (Å²) < 4.78 is 26.9. The number of carbonyl (C=O) groups excluding carboxylic acids is 2. The van der Waals surface area contributed by atoms with E-state index >= 15 is 0 Å².